The van der Waals surface area contributed by atoms with E-state index in [-0.39, 0.29) is 10.8 Å². The van der Waals surface area contributed by atoms with Crippen molar-refractivity contribution in [3.8, 4) is 66.8 Å². The van der Waals surface area contributed by atoms with E-state index in [1.165, 1.54) is 106 Å². The Balaban J connectivity index is 1.02. The van der Waals surface area contributed by atoms with Crippen molar-refractivity contribution >= 4 is 17.1 Å². The predicted octanol–water partition coefficient (Wildman–Crippen LogP) is 19.1. The van der Waals surface area contributed by atoms with E-state index >= 15 is 0 Å². The highest BCUT2D eigenvalue weighted by molar-refractivity contribution is 6.01. The molecule has 0 bridgehead atoms. The quantitative estimate of drug-likeness (QED) is 0.147. The van der Waals surface area contributed by atoms with Gasteiger partial charge in [-0.15, -0.1) is 0 Å². The number of nitrogens with zero attached hydrogens (tertiary/aromatic N) is 1. The van der Waals surface area contributed by atoms with E-state index in [9.17, 15) is 0 Å². The minimum Gasteiger partial charge on any atom is -0.309 e. The minimum absolute atomic E-state index is 0.136. The summed E-state index contributed by atoms with van der Waals surface area (Å²) in [5.74, 6) is 0. The van der Waals surface area contributed by atoms with Crippen molar-refractivity contribution in [2.24, 2.45) is 0 Å². The summed E-state index contributed by atoms with van der Waals surface area (Å²) in [7, 11) is 0. The number of rotatable bonds is 8. The topological polar surface area (TPSA) is 3.24 Å². The van der Waals surface area contributed by atoms with Gasteiger partial charge in [0.25, 0.3) is 0 Å². The first-order valence-corrected chi connectivity index (χ1v) is 26.2. The molecule has 0 saturated heterocycles. The molecule has 0 aliphatic heterocycles. The lowest BCUT2D eigenvalue weighted by atomic mass is 9.67. The molecule has 1 nitrogen and oxygen atoms in total. The number of hydrogen-bond acceptors (Lipinski definition) is 1. The Hall–Kier alpha value is -8.78. The highest BCUT2D eigenvalue weighted by Crippen LogP contribution is 2.59. The van der Waals surface area contributed by atoms with Crippen molar-refractivity contribution in [2.45, 2.75) is 43.9 Å². The van der Waals surface area contributed by atoms with Crippen LogP contribution < -0.4 is 4.90 Å². The first-order chi connectivity index (χ1) is 36.3. The molecule has 3 aliphatic rings. The van der Waals surface area contributed by atoms with Gasteiger partial charge in [0.15, 0.2) is 0 Å². The van der Waals surface area contributed by atoms with Crippen molar-refractivity contribution in [1.29, 1.82) is 0 Å². The molecule has 0 spiro atoms. The fourth-order valence-corrected chi connectivity index (χ4v) is 13.7. The lowest BCUT2D eigenvalue weighted by Gasteiger charge is -2.34. The van der Waals surface area contributed by atoms with E-state index < -0.39 is 5.41 Å². The molecule has 0 amide bonds. The average molecular weight is 946 g/mol. The third-order valence-electron chi connectivity index (χ3n) is 17.0. The van der Waals surface area contributed by atoms with Gasteiger partial charge in [0.05, 0.1) is 16.8 Å². The van der Waals surface area contributed by atoms with Crippen LogP contribution in [0.15, 0.2) is 261 Å². The van der Waals surface area contributed by atoms with Crippen molar-refractivity contribution in [1.82, 2.24) is 0 Å². The Bertz CT molecular complexity index is 3980. The Morgan fingerprint density at radius 3 is 1.43 bits per heavy atom. The molecule has 1 heteroatoms. The van der Waals surface area contributed by atoms with Crippen LogP contribution in [0.2, 0.25) is 0 Å². The first-order valence-electron chi connectivity index (χ1n) is 26.2. The second-order valence-corrected chi connectivity index (χ2v) is 21.5. The van der Waals surface area contributed by atoms with E-state index in [1.807, 2.05) is 0 Å². The Labute approximate surface area is 435 Å². The van der Waals surface area contributed by atoms with E-state index in [2.05, 4.69) is 293 Å². The normalized spacial score (nSPS) is 14.5. The second kappa shape index (κ2) is 16.6. The van der Waals surface area contributed by atoms with E-state index in [4.69, 9.17) is 0 Å². The van der Waals surface area contributed by atoms with E-state index in [1.54, 1.807) is 0 Å². The van der Waals surface area contributed by atoms with Crippen LogP contribution in [0.1, 0.15) is 72.2 Å². The summed E-state index contributed by atoms with van der Waals surface area (Å²) in [5.41, 5.74) is 28.1. The molecule has 0 radical (unpaired) electrons. The van der Waals surface area contributed by atoms with Gasteiger partial charge >= 0.3 is 0 Å². The largest absolute Gasteiger partial charge is 0.309 e. The Kier molecular flexibility index (Phi) is 9.88. The summed E-state index contributed by atoms with van der Waals surface area (Å²) < 4.78 is 0. The molecule has 14 rings (SSSR count). The van der Waals surface area contributed by atoms with E-state index in [0.29, 0.717) is 0 Å². The summed E-state index contributed by atoms with van der Waals surface area (Å²) in [6.07, 6.45) is 0. The van der Waals surface area contributed by atoms with Gasteiger partial charge in [-0.3, -0.25) is 0 Å². The molecule has 0 atom stereocenters. The van der Waals surface area contributed by atoms with Gasteiger partial charge < -0.3 is 4.90 Å². The van der Waals surface area contributed by atoms with Gasteiger partial charge in [0, 0.05) is 27.6 Å². The molecule has 0 unspecified atom stereocenters. The van der Waals surface area contributed by atoms with Crippen LogP contribution in [0.25, 0.3) is 66.8 Å². The number of benzene rings is 11. The van der Waals surface area contributed by atoms with Crippen molar-refractivity contribution in [3.63, 3.8) is 0 Å². The second-order valence-electron chi connectivity index (χ2n) is 21.5. The average Bonchev–Trinajstić information content (AvgIpc) is 4.02. The summed E-state index contributed by atoms with van der Waals surface area (Å²) >= 11 is 0. The predicted molar refractivity (Wildman–Crippen MR) is 310 cm³/mol. The Morgan fingerprint density at radius 2 is 0.730 bits per heavy atom. The standard InChI is InChI=1S/C73H55N/c1-71(2)63-39-17-13-34-61(63)69-59(36-23-41-65(69)71)58-33-15-20-43-68(58)74(52-29-21-24-48(46-52)54-35-22-37-60-56-32-11-16-38-62(56)72(3,4)70(54)60)67-42-19-14-30-53(67)49-44-45-57-55-31-12-18-40-64(55)73(66(57)47-49,50-25-7-5-8-26-50)51-27-9-6-10-28-51/h5-47H,1-4H3. The zero-order valence-corrected chi connectivity index (χ0v) is 42.3. The molecule has 11 aromatic rings. The molecule has 0 heterocycles. The molecule has 0 fully saturated rings. The van der Waals surface area contributed by atoms with Gasteiger partial charge in [-0.05, 0) is 130 Å². The molecular weight excluding hydrogens is 891 g/mol. The van der Waals surface area contributed by atoms with Gasteiger partial charge in [0.2, 0.25) is 0 Å². The molecular formula is C73H55N. The van der Waals surface area contributed by atoms with Gasteiger partial charge in [-0.2, -0.15) is 0 Å². The smallest absolute Gasteiger partial charge is 0.0713 e. The molecule has 0 N–H and O–H groups in total. The molecule has 0 aromatic heterocycles. The van der Waals surface area contributed by atoms with Gasteiger partial charge in [0.1, 0.15) is 0 Å². The summed E-state index contributed by atoms with van der Waals surface area (Å²) in [6.45, 7) is 9.53. The summed E-state index contributed by atoms with van der Waals surface area (Å²) in [5, 5.41) is 0. The van der Waals surface area contributed by atoms with Crippen LogP contribution in [0.5, 0.6) is 0 Å². The molecule has 0 saturated carbocycles. The van der Waals surface area contributed by atoms with Gasteiger partial charge in [-0.25, -0.2) is 0 Å². The molecule has 352 valence electrons. The van der Waals surface area contributed by atoms with Crippen LogP contribution in [0, 0.1) is 0 Å². The first kappa shape index (κ1) is 44.0. The van der Waals surface area contributed by atoms with Crippen LogP contribution in [-0.2, 0) is 16.2 Å². The molecule has 11 aromatic carbocycles. The minimum atomic E-state index is -0.527. The van der Waals surface area contributed by atoms with Crippen molar-refractivity contribution in [2.75, 3.05) is 4.90 Å². The maximum atomic E-state index is 2.55. The van der Waals surface area contributed by atoms with Crippen LogP contribution >= 0.6 is 0 Å². The van der Waals surface area contributed by atoms with Crippen molar-refractivity contribution < 1.29 is 0 Å². The van der Waals surface area contributed by atoms with Crippen LogP contribution in [0.3, 0.4) is 0 Å². The molecule has 74 heavy (non-hydrogen) atoms. The fourth-order valence-electron chi connectivity index (χ4n) is 13.7. The maximum Gasteiger partial charge on any atom is 0.0713 e. The zero-order valence-electron chi connectivity index (χ0n) is 42.3. The number of hydrogen-bond donors (Lipinski definition) is 0. The fraction of sp³-hybridized carbons (Fsp3) is 0.0959. The van der Waals surface area contributed by atoms with Gasteiger partial charge in [-0.1, -0.05) is 258 Å². The lowest BCUT2D eigenvalue weighted by Crippen LogP contribution is -2.28. The summed E-state index contributed by atoms with van der Waals surface area (Å²) in [6, 6.07) is 97.9. The van der Waals surface area contributed by atoms with Crippen LogP contribution in [0.4, 0.5) is 17.1 Å². The maximum absolute atomic E-state index is 2.55. The zero-order chi connectivity index (χ0) is 49.8. The van der Waals surface area contributed by atoms with Crippen molar-refractivity contribution in [3.05, 3.63) is 305 Å². The van der Waals surface area contributed by atoms with Crippen LogP contribution in [-0.4, -0.2) is 0 Å². The number of para-hydroxylation sites is 2. The number of fused-ring (bicyclic) bond motifs is 9. The molecule has 3 aliphatic carbocycles. The Morgan fingerprint density at radius 1 is 0.270 bits per heavy atom. The lowest BCUT2D eigenvalue weighted by molar-refractivity contribution is 0.660. The third-order valence-corrected chi connectivity index (χ3v) is 17.0. The van der Waals surface area contributed by atoms with E-state index in [0.717, 1.165) is 22.6 Å². The highest BCUT2D eigenvalue weighted by atomic mass is 15.1. The monoisotopic (exact) mass is 945 g/mol. The summed E-state index contributed by atoms with van der Waals surface area (Å²) in [4.78, 5) is 2.55. The third kappa shape index (κ3) is 6.29. The highest BCUT2D eigenvalue weighted by Gasteiger charge is 2.46. The number of anilines is 3. The SMILES string of the molecule is CC1(C)c2ccccc2-c2c(-c3ccccc3N(c3cccc(-c4cccc5c4C(C)(C)c4ccccc4-5)c3)c3ccccc3-c3ccc4c(c3)C(c3ccccc3)(c3ccccc3)c3ccccc3-4)cccc21.